The van der Waals surface area contributed by atoms with Gasteiger partial charge in [-0.05, 0) is 42.9 Å². The van der Waals surface area contributed by atoms with Crippen LogP contribution < -0.4 is 5.32 Å². The number of anilines is 1. The number of hydrogen-bond donors (Lipinski definition) is 1. The molecule has 0 unspecified atom stereocenters. The van der Waals surface area contributed by atoms with Gasteiger partial charge in [-0.1, -0.05) is 29.8 Å². The lowest BCUT2D eigenvalue weighted by Crippen LogP contribution is -2.49. The number of para-hydroxylation sites is 1. The van der Waals surface area contributed by atoms with Gasteiger partial charge in [0.2, 0.25) is 0 Å². The van der Waals surface area contributed by atoms with E-state index in [4.69, 9.17) is 23.8 Å². The monoisotopic (exact) mass is 365 g/mol. The van der Waals surface area contributed by atoms with E-state index < -0.39 is 0 Å². The smallest absolute Gasteiger partial charge is 0.173 e. The van der Waals surface area contributed by atoms with Crippen LogP contribution in [0.2, 0.25) is 4.34 Å². The zero-order valence-electron chi connectivity index (χ0n) is 13.1. The summed E-state index contributed by atoms with van der Waals surface area (Å²) in [6, 6.07) is 12.3. The van der Waals surface area contributed by atoms with Crippen LogP contribution >= 0.6 is 35.2 Å². The summed E-state index contributed by atoms with van der Waals surface area (Å²) in [6.45, 7) is 7.02. The highest BCUT2D eigenvalue weighted by Crippen LogP contribution is 2.23. The van der Waals surface area contributed by atoms with Crippen LogP contribution in [-0.4, -0.2) is 41.1 Å². The molecule has 3 rings (SSSR count). The summed E-state index contributed by atoms with van der Waals surface area (Å²) in [5, 5.41) is 4.19. The Morgan fingerprint density at radius 1 is 1.17 bits per heavy atom. The third-order valence-electron chi connectivity index (χ3n) is 4.05. The summed E-state index contributed by atoms with van der Waals surface area (Å²) in [7, 11) is 0. The van der Waals surface area contributed by atoms with Crippen LogP contribution in [0.1, 0.15) is 10.4 Å². The number of nitrogens with one attached hydrogen (secondary N) is 1. The Morgan fingerprint density at radius 3 is 2.57 bits per heavy atom. The molecule has 1 aromatic heterocycles. The van der Waals surface area contributed by atoms with Crippen molar-refractivity contribution in [3.63, 3.8) is 0 Å². The topological polar surface area (TPSA) is 18.5 Å². The van der Waals surface area contributed by atoms with Crippen molar-refractivity contribution in [1.29, 1.82) is 0 Å². The van der Waals surface area contributed by atoms with Crippen molar-refractivity contribution in [3.05, 3.63) is 51.2 Å². The van der Waals surface area contributed by atoms with Gasteiger partial charge < -0.3 is 10.2 Å². The molecular weight excluding hydrogens is 346 g/mol. The van der Waals surface area contributed by atoms with Crippen molar-refractivity contribution < 1.29 is 0 Å². The summed E-state index contributed by atoms with van der Waals surface area (Å²) in [5.41, 5.74) is 2.30. The van der Waals surface area contributed by atoms with E-state index in [0.29, 0.717) is 0 Å². The number of thiocarbonyl (C=S) groups is 1. The molecule has 1 fully saturated rings. The Hall–Kier alpha value is -1.14. The molecule has 0 spiro atoms. The van der Waals surface area contributed by atoms with Gasteiger partial charge in [-0.15, -0.1) is 11.3 Å². The molecule has 1 aliphatic heterocycles. The fourth-order valence-electron chi connectivity index (χ4n) is 2.67. The van der Waals surface area contributed by atoms with Gasteiger partial charge >= 0.3 is 0 Å². The minimum atomic E-state index is 0.818. The van der Waals surface area contributed by atoms with Crippen LogP contribution in [0, 0.1) is 6.92 Å². The molecule has 2 aromatic rings. The third-order valence-corrected chi connectivity index (χ3v) is 5.63. The molecule has 1 N–H and O–H groups in total. The van der Waals surface area contributed by atoms with Crippen LogP contribution in [0.25, 0.3) is 0 Å². The first-order chi connectivity index (χ1) is 11.1. The summed E-state index contributed by atoms with van der Waals surface area (Å²) in [6.07, 6.45) is 0. The van der Waals surface area contributed by atoms with E-state index in [2.05, 4.69) is 40.2 Å². The molecule has 0 atom stereocenters. The molecule has 6 heteroatoms. The second-order valence-corrected chi connectivity index (χ2v) is 7.90. The van der Waals surface area contributed by atoms with Gasteiger partial charge in [0.25, 0.3) is 0 Å². The van der Waals surface area contributed by atoms with Gasteiger partial charge in [0.15, 0.2) is 5.11 Å². The Morgan fingerprint density at radius 2 is 1.91 bits per heavy atom. The minimum Gasteiger partial charge on any atom is -0.346 e. The highest BCUT2D eigenvalue weighted by molar-refractivity contribution is 7.80. The van der Waals surface area contributed by atoms with E-state index in [1.54, 1.807) is 11.3 Å². The summed E-state index contributed by atoms with van der Waals surface area (Å²) in [5.74, 6) is 0. The van der Waals surface area contributed by atoms with E-state index in [9.17, 15) is 0 Å². The predicted octanol–water partition coefficient (Wildman–Crippen LogP) is 4.22. The Bertz CT molecular complexity index is 678. The first-order valence-corrected chi connectivity index (χ1v) is 9.30. The number of rotatable bonds is 3. The maximum atomic E-state index is 6.00. The largest absolute Gasteiger partial charge is 0.346 e. The normalized spacial score (nSPS) is 15.7. The summed E-state index contributed by atoms with van der Waals surface area (Å²) < 4.78 is 0.863. The molecule has 0 amide bonds. The Kier molecular flexibility index (Phi) is 5.54. The number of benzene rings is 1. The predicted molar refractivity (Wildman–Crippen MR) is 104 cm³/mol. The van der Waals surface area contributed by atoms with Crippen LogP contribution in [0.15, 0.2) is 36.4 Å². The van der Waals surface area contributed by atoms with Gasteiger partial charge in [-0.25, -0.2) is 0 Å². The molecule has 0 radical (unpaired) electrons. The van der Waals surface area contributed by atoms with Crippen molar-refractivity contribution in [2.45, 2.75) is 13.5 Å². The fourth-order valence-corrected chi connectivity index (χ4v) is 4.10. The lowest BCUT2D eigenvalue weighted by atomic mass is 10.2. The number of aryl methyl sites for hydroxylation is 1. The SMILES string of the molecule is Cc1ccccc1NC(=S)N1CCN(Cc2ccc(Cl)s2)CC1. The average molecular weight is 366 g/mol. The van der Waals surface area contributed by atoms with Gasteiger partial charge in [0, 0.05) is 43.3 Å². The van der Waals surface area contributed by atoms with E-state index in [1.807, 2.05) is 18.2 Å². The van der Waals surface area contributed by atoms with Gasteiger partial charge in [0.05, 0.1) is 4.34 Å². The molecule has 3 nitrogen and oxygen atoms in total. The number of hydrogen-bond acceptors (Lipinski definition) is 3. The van der Waals surface area contributed by atoms with Crippen LogP contribution in [0.5, 0.6) is 0 Å². The number of halogens is 1. The first kappa shape index (κ1) is 16.7. The summed E-state index contributed by atoms with van der Waals surface area (Å²) in [4.78, 5) is 6.03. The van der Waals surface area contributed by atoms with Crippen molar-refractivity contribution >= 4 is 46.0 Å². The maximum absolute atomic E-state index is 6.00. The zero-order valence-corrected chi connectivity index (χ0v) is 15.5. The quantitative estimate of drug-likeness (QED) is 0.820. The van der Waals surface area contributed by atoms with Crippen molar-refractivity contribution in [2.75, 3.05) is 31.5 Å². The Balaban J connectivity index is 1.50. The van der Waals surface area contributed by atoms with Crippen LogP contribution in [-0.2, 0) is 6.54 Å². The second kappa shape index (κ2) is 7.62. The van der Waals surface area contributed by atoms with Gasteiger partial charge in [-0.2, -0.15) is 0 Å². The molecule has 0 bridgehead atoms. The molecule has 23 heavy (non-hydrogen) atoms. The van der Waals surface area contributed by atoms with Gasteiger partial charge in [0.1, 0.15) is 0 Å². The standard InChI is InChI=1S/C17H20ClN3S2/c1-13-4-2-3-5-15(13)19-17(22)21-10-8-20(9-11-21)12-14-6-7-16(18)23-14/h2-7H,8-12H2,1H3,(H,19,22). The molecule has 2 heterocycles. The van der Waals surface area contributed by atoms with E-state index in [1.165, 1.54) is 10.4 Å². The minimum absolute atomic E-state index is 0.818. The van der Waals surface area contributed by atoms with Crippen LogP contribution in [0.4, 0.5) is 5.69 Å². The fraction of sp³-hybridized carbons (Fsp3) is 0.353. The lowest BCUT2D eigenvalue weighted by Gasteiger charge is -2.36. The first-order valence-electron chi connectivity index (χ1n) is 7.70. The number of piperazine rings is 1. The number of thiophene rings is 1. The highest BCUT2D eigenvalue weighted by Gasteiger charge is 2.19. The molecule has 0 aliphatic carbocycles. The number of nitrogens with zero attached hydrogens (tertiary/aromatic N) is 2. The second-order valence-electron chi connectivity index (χ2n) is 5.71. The van der Waals surface area contributed by atoms with Crippen molar-refractivity contribution in [3.8, 4) is 0 Å². The van der Waals surface area contributed by atoms with Crippen LogP contribution in [0.3, 0.4) is 0 Å². The van der Waals surface area contributed by atoms with E-state index in [-0.39, 0.29) is 0 Å². The molecule has 1 aromatic carbocycles. The third kappa shape index (κ3) is 4.44. The molecule has 1 saturated heterocycles. The van der Waals surface area contributed by atoms with Crippen molar-refractivity contribution in [2.24, 2.45) is 0 Å². The highest BCUT2D eigenvalue weighted by atomic mass is 35.5. The molecule has 0 saturated carbocycles. The molecule has 1 aliphatic rings. The average Bonchev–Trinajstić information content (AvgIpc) is 2.95. The van der Waals surface area contributed by atoms with Gasteiger partial charge in [-0.3, -0.25) is 4.90 Å². The maximum Gasteiger partial charge on any atom is 0.173 e. The van der Waals surface area contributed by atoms with E-state index >= 15 is 0 Å². The zero-order chi connectivity index (χ0) is 16.2. The lowest BCUT2D eigenvalue weighted by molar-refractivity contribution is 0.178. The molecular formula is C17H20ClN3S2. The van der Waals surface area contributed by atoms with E-state index in [0.717, 1.165) is 47.9 Å². The summed E-state index contributed by atoms with van der Waals surface area (Å²) >= 11 is 13.2. The van der Waals surface area contributed by atoms with Crippen molar-refractivity contribution in [1.82, 2.24) is 9.80 Å². The Labute approximate surface area is 151 Å². The molecule has 122 valence electrons.